The molecule has 18 heavy (non-hydrogen) atoms. The SMILES string of the molecule is Cc1cc(C)n(Cc2ccccc2Cl)c1C(=O)O. The first kappa shape index (κ1) is 12.7. The van der Waals surface area contributed by atoms with Gasteiger partial charge in [-0.05, 0) is 37.1 Å². The van der Waals surface area contributed by atoms with Crippen LogP contribution in [-0.2, 0) is 6.54 Å². The fraction of sp³-hybridized carbons (Fsp3) is 0.214. The number of hydrogen-bond donors (Lipinski definition) is 1. The number of carboxylic acids is 1. The molecule has 0 amide bonds. The molecule has 0 radical (unpaired) electrons. The summed E-state index contributed by atoms with van der Waals surface area (Å²) in [5.74, 6) is -0.910. The molecule has 0 atom stereocenters. The third-order valence-corrected chi connectivity index (χ3v) is 3.35. The second-order valence-corrected chi connectivity index (χ2v) is 4.71. The quantitative estimate of drug-likeness (QED) is 0.921. The van der Waals surface area contributed by atoms with Crippen LogP contribution in [0.5, 0.6) is 0 Å². The average Bonchev–Trinajstić information content (AvgIpc) is 2.57. The maximum absolute atomic E-state index is 11.3. The molecule has 2 rings (SSSR count). The van der Waals surface area contributed by atoms with Gasteiger partial charge in [0.05, 0.1) is 0 Å². The average molecular weight is 264 g/mol. The Bertz CT molecular complexity index is 602. The van der Waals surface area contributed by atoms with E-state index in [4.69, 9.17) is 11.6 Å². The molecule has 1 heterocycles. The van der Waals surface area contributed by atoms with E-state index < -0.39 is 5.97 Å². The Balaban J connectivity index is 2.47. The second kappa shape index (κ2) is 4.86. The number of aromatic carboxylic acids is 1. The molecule has 1 N–H and O–H groups in total. The van der Waals surface area contributed by atoms with Gasteiger partial charge in [-0.2, -0.15) is 0 Å². The highest BCUT2D eigenvalue weighted by atomic mass is 35.5. The molecule has 2 aromatic rings. The molecule has 0 unspecified atom stereocenters. The van der Waals surface area contributed by atoms with Gasteiger partial charge in [0.25, 0.3) is 0 Å². The van der Waals surface area contributed by atoms with Crippen molar-refractivity contribution in [2.45, 2.75) is 20.4 Å². The molecule has 0 bridgehead atoms. The molecular weight excluding hydrogens is 250 g/mol. The number of aromatic nitrogens is 1. The van der Waals surface area contributed by atoms with E-state index in [1.54, 1.807) is 11.5 Å². The number of carbonyl (C=O) groups is 1. The van der Waals surface area contributed by atoms with Gasteiger partial charge in [-0.25, -0.2) is 4.79 Å². The molecule has 0 saturated carbocycles. The van der Waals surface area contributed by atoms with Gasteiger partial charge in [-0.15, -0.1) is 0 Å². The predicted molar refractivity (Wildman–Crippen MR) is 71.4 cm³/mol. The number of rotatable bonds is 3. The van der Waals surface area contributed by atoms with Crippen LogP contribution in [0.2, 0.25) is 5.02 Å². The van der Waals surface area contributed by atoms with E-state index in [0.717, 1.165) is 16.8 Å². The summed E-state index contributed by atoms with van der Waals surface area (Å²) in [6.45, 7) is 4.18. The van der Waals surface area contributed by atoms with E-state index in [1.165, 1.54) is 0 Å². The van der Waals surface area contributed by atoms with Gasteiger partial charge < -0.3 is 9.67 Å². The van der Waals surface area contributed by atoms with Crippen molar-refractivity contribution < 1.29 is 9.90 Å². The highest BCUT2D eigenvalue weighted by Crippen LogP contribution is 2.21. The zero-order valence-corrected chi connectivity index (χ0v) is 11.0. The van der Waals surface area contributed by atoms with Crippen LogP contribution < -0.4 is 0 Å². The molecule has 4 heteroatoms. The van der Waals surface area contributed by atoms with Crippen molar-refractivity contribution in [2.24, 2.45) is 0 Å². The minimum atomic E-state index is -0.910. The van der Waals surface area contributed by atoms with Crippen LogP contribution in [0.25, 0.3) is 0 Å². The van der Waals surface area contributed by atoms with E-state index >= 15 is 0 Å². The van der Waals surface area contributed by atoms with E-state index in [9.17, 15) is 9.90 Å². The topological polar surface area (TPSA) is 42.2 Å². The lowest BCUT2D eigenvalue weighted by atomic mass is 10.2. The lowest BCUT2D eigenvalue weighted by Gasteiger charge is -2.11. The Kier molecular flexibility index (Phi) is 3.43. The monoisotopic (exact) mass is 263 g/mol. The van der Waals surface area contributed by atoms with Crippen molar-refractivity contribution in [1.29, 1.82) is 0 Å². The Hall–Kier alpha value is -1.74. The van der Waals surface area contributed by atoms with Crippen LogP contribution in [-0.4, -0.2) is 15.6 Å². The summed E-state index contributed by atoms with van der Waals surface area (Å²) in [6, 6.07) is 9.34. The first-order valence-electron chi connectivity index (χ1n) is 5.64. The van der Waals surface area contributed by atoms with Crippen molar-refractivity contribution in [3.8, 4) is 0 Å². The zero-order valence-electron chi connectivity index (χ0n) is 10.3. The smallest absolute Gasteiger partial charge is 0.352 e. The summed E-state index contributed by atoms with van der Waals surface area (Å²) < 4.78 is 1.78. The first-order valence-corrected chi connectivity index (χ1v) is 6.02. The minimum Gasteiger partial charge on any atom is -0.477 e. The third-order valence-electron chi connectivity index (χ3n) is 2.98. The summed E-state index contributed by atoms with van der Waals surface area (Å²) in [6.07, 6.45) is 0. The van der Waals surface area contributed by atoms with Crippen molar-refractivity contribution in [1.82, 2.24) is 4.57 Å². The van der Waals surface area contributed by atoms with Gasteiger partial charge in [0.1, 0.15) is 5.69 Å². The number of hydrogen-bond acceptors (Lipinski definition) is 1. The molecule has 1 aromatic carbocycles. The van der Waals surface area contributed by atoms with Crippen LogP contribution in [0.4, 0.5) is 0 Å². The minimum absolute atomic E-state index is 0.326. The van der Waals surface area contributed by atoms with Crippen molar-refractivity contribution >= 4 is 17.6 Å². The molecule has 0 spiro atoms. The number of benzene rings is 1. The lowest BCUT2D eigenvalue weighted by molar-refractivity contribution is 0.0684. The van der Waals surface area contributed by atoms with Crippen LogP contribution in [0.3, 0.4) is 0 Å². The normalized spacial score (nSPS) is 10.6. The van der Waals surface area contributed by atoms with Gasteiger partial charge >= 0.3 is 5.97 Å². The van der Waals surface area contributed by atoms with E-state index in [1.807, 2.05) is 37.3 Å². The molecule has 0 aliphatic rings. The second-order valence-electron chi connectivity index (χ2n) is 4.30. The van der Waals surface area contributed by atoms with Crippen molar-refractivity contribution in [3.63, 3.8) is 0 Å². The zero-order chi connectivity index (χ0) is 13.3. The number of carboxylic acid groups (broad SMARTS) is 1. The van der Waals surface area contributed by atoms with Crippen LogP contribution in [0, 0.1) is 13.8 Å². The summed E-state index contributed by atoms with van der Waals surface area (Å²) in [4.78, 5) is 11.3. The molecule has 3 nitrogen and oxygen atoms in total. The van der Waals surface area contributed by atoms with Crippen LogP contribution >= 0.6 is 11.6 Å². The number of aryl methyl sites for hydroxylation is 2. The fourth-order valence-electron chi connectivity index (χ4n) is 2.13. The Morgan fingerprint density at radius 1 is 1.33 bits per heavy atom. The number of halogens is 1. The van der Waals surface area contributed by atoms with Gasteiger partial charge in [0.2, 0.25) is 0 Å². The van der Waals surface area contributed by atoms with Gasteiger partial charge in [-0.3, -0.25) is 0 Å². The molecule has 0 fully saturated rings. The van der Waals surface area contributed by atoms with Gasteiger partial charge in [-0.1, -0.05) is 29.8 Å². The highest BCUT2D eigenvalue weighted by Gasteiger charge is 2.16. The summed E-state index contributed by atoms with van der Waals surface area (Å²) in [5.41, 5.74) is 2.93. The molecule has 0 aliphatic carbocycles. The van der Waals surface area contributed by atoms with E-state index in [-0.39, 0.29) is 0 Å². The van der Waals surface area contributed by atoms with Crippen molar-refractivity contribution in [2.75, 3.05) is 0 Å². The molecule has 0 aliphatic heterocycles. The van der Waals surface area contributed by atoms with Crippen LogP contribution in [0.15, 0.2) is 30.3 Å². The molecular formula is C14H14ClNO2. The molecule has 94 valence electrons. The molecule has 1 aromatic heterocycles. The standard InChI is InChI=1S/C14H14ClNO2/c1-9-7-10(2)16(13(9)14(17)18)8-11-5-3-4-6-12(11)15/h3-7H,8H2,1-2H3,(H,17,18). The van der Waals surface area contributed by atoms with Gasteiger partial charge in [0.15, 0.2) is 0 Å². The van der Waals surface area contributed by atoms with Gasteiger partial charge in [0, 0.05) is 17.3 Å². The maximum atomic E-state index is 11.3. The Labute approximate surface area is 111 Å². The maximum Gasteiger partial charge on any atom is 0.352 e. The summed E-state index contributed by atoms with van der Waals surface area (Å²) in [5, 5.41) is 9.91. The predicted octanol–water partition coefficient (Wildman–Crippen LogP) is 3.50. The fourth-order valence-corrected chi connectivity index (χ4v) is 2.33. The third kappa shape index (κ3) is 2.27. The summed E-state index contributed by atoms with van der Waals surface area (Å²) >= 11 is 6.10. The van der Waals surface area contributed by atoms with Crippen LogP contribution in [0.1, 0.15) is 27.3 Å². The summed E-state index contributed by atoms with van der Waals surface area (Å²) in [7, 11) is 0. The van der Waals surface area contributed by atoms with E-state index in [2.05, 4.69) is 0 Å². The Morgan fingerprint density at radius 2 is 2.00 bits per heavy atom. The molecule has 0 saturated heterocycles. The van der Waals surface area contributed by atoms with E-state index in [0.29, 0.717) is 17.3 Å². The highest BCUT2D eigenvalue weighted by molar-refractivity contribution is 6.31. The largest absolute Gasteiger partial charge is 0.477 e. The lowest BCUT2D eigenvalue weighted by Crippen LogP contribution is -2.12. The van der Waals surface area contributed by atoms with Crippen molar-refractivity contribution in [3.05, 3.63) is 57.9 Å². The number of nitrogens with zero attached hydrogens (tertiary/aromatic N) is 1. The first-order chi connectivity index (χ1) is 8.50. The Morgan fingerprint density at radius 3 is 2.61 bits per heavy atom.